The molecular weight excluding hydrogens is 339 g/mol. The minimum Gasteiger partial charge on any atom is -0.378 e. The van der Waals surface area contributed by atoms with Crippen molar-refractivity contribution in [3.8, 4) is 0 Å². The first-order valence-corrected chi connectivity index (χ1v) is 6.95. The third-order valence-corrected chi connectivity index (χ3v) is 3.43. The molecule has 114 valence electrons. The van der Waals surface area contributed by atoms with Gasteiger partial charge in [-0.15, -0.1) is 0 Å². The number of rotatable bonds is 5. The summed E-state index contributed by atoms with van der Waals surface area (Å²) in [7, 11) is 0. The van der Waals surface area contributed by atoms with Gasteiger partial charge in [-0.2, -0.15) is 18.3 Å². The fourth-order valence-electron chi connectivity index (χ4n) is 1.89. The Morgan fingerprint density at radius 3 is 2.50 bits per heavy atom. The van der Waals surface area contributed by atoms with E-state index < -0.39 is 18.3 Å². The zero-order valence-corrected chi connectivity index (χ0v) is 13.1. The molecule has 0 unspecified atom stereocenters. The van der Waals surface area contributed by atoms with Gasteiger partial charge in [0.25, 0.3) is 5.56 Å². The Kier molecular flexibility index (Phi) is 5.23. The smallest absolute Gasteiger partial charge is 0.378 e. The monoisotopic (exact) mass is 355 g/mol. The van der Waals surface area contributed by atoms with Crippen molar-refractivity contribution >= 4 is 21.6 Å². The van der Waals surface area contributed by atoms with Crippen LogP contribution in [0.5, 0.6) is 0 Å². The first kappa shape index (κ1) is 17.0. The topological polar surface area (TPSA) is 46.9 Å². The summed E-state index contributed by atoms with van der Waals surface area (Å²) in [5.41, 5.74) is -0.687. The molecule has 0 fully saturated rings. The third-order valence-electron chi connectivity index (χ3n) is 2.66. The molecule has 0 saturated heterocycles. The van der Waals surface area contributed by atoms with E-state index >= 15 is 0 Å². The number of nitrogens with zero attached hydrogens (tertiary/aromatic N) is 2. The number of anilines is 1. The normalized spacial score (nSPS) is 12.6. The van der Waals surface area contributed by atoms with Gasteiger partial charge in [0.15, 0.2) is 0 Å². The van der Waals surface area contributed by atoms with E-state index in [4.69, 9.17) is 0 Å². The molecule has 0 atom stereocenters. The van der Waals surface area contributed by atoms with Crippen LogP contribution in [0, 0.1) is 0 Å². The molecule has 0 aliphatic carbocycles. The SMILES string of the molecule is CCCC(C)(C)Nc1cnn(CC(F)(F)F)c(=O)c1Br. The first-order chi connectivity index (χ1) is 9.06. The molecule has 0 amide bonds. The quantitative estimate of drug-likeness (QED) is 0.878. The van der Waals surface area contributed by atoms with Crippen molar-refractivity contribution in [2.75, 3.05) is 5.32 Å². The third kappa shape index (κ3) is 4.81. The number of hydrogen-bond donors (Lipinski definition) is 1. The van der Waals surface area contributed by atoms with Crippen molar-refractivity contribution in [1.29, 1.82) is 0 Å². The zero-order valence-electron chi connectivity index (χ0n) is 11.5. The van der Waals surface area contributed by atoms with Crippen molar-refractivity contribution in [2.24, 2.45) is 0 Å². The number of aromatic nitrogens is 2. The second-order valence-electron chi connectivity index (χ2n) is 5.21. The van der Waals surface area contributed by atoms with E-state index in [-0.39, 0.29) is 10.0 Å². The Morgan fingerprint density at radius 2 is 2.00 bits per heavy atom. The molecule has 0 saturated carbocycles. The lowest BCUT2D eigenvalue weighted by atomic mass is 9.99. The fourth-order valence-corrected chi connectivity index (χ4v) is 2.29. The standard InChI is InChI=1S/C12H17BrF3N3O/c1-4-5-11(2,3)18-8-6-17-19(7-12(14,15)16)10(20)9(8)13/h6,18H,4-5,7H2,1-3H3. The molecule has 0 radical (unpaired) electrons. The fraction of sp³-hybridized carbons (Fsp3) is 0.667. The summed E-state index contributed by atoms with van der Waals surface area (Å²) in [5.74, 6) is 0. The van der Waals surface area contributed by atoms with E-state index in [9.17, 15) is 18.0 Å². The highest BCUT2D eigenvalue weighted by atomic mass is 79.9. The summed E-state index contributed by atoms with van der Waals surface area (Å²) in [4.78, 5) is 11.8. The first-order valence-electron chi connectivity index (χ1n) is 6.16. The Morgan fingerprint density at radius 1 is 1.40 bits per heavy atom. The molecule has 1 rings (SSSR count). The van der Waals surface area contributed by atoms with E-state index in [0.717, 1.165) is 12.8 Å². The highest BCUT2D eigenvalue weighted by Gasteiger charge is 2.30. The summed E-state index contributed by atoms with van der Waals surface area (Å²) in [6.45, 7) is 4.52. The van der Waals surface area contributed by atoms with Gasteiger partial charge in [0.1, 0.15) is 11.0 Å². The van der Waals surface area contributed by atoms with Gasteiger partial charge in [0.2, 0.25) is 0 Å². The molecular formula is C12H17BrF3N3O. The number of nitrogens with one attached hydrogen (secondary N) is 1. The van der Waals surface area contributed by atoms with Crippen LogP contribution in [0.3, 0.4) is 0 Å². The van der Waals surface area contributed by atoms with Crippen LogP contribution in [0.2, 0.25) is 0 Å². The molecule has 1 aromatic heterocycles. The lowest BCUT2D eigenvalue weighted by Crippen LogP contribution is -2.34. The van der Waals surface area contributed by atoms with Crippen LogP contribution in [0.15, 0.2) is 15.5 Å². The van der Waals surface area contributed by atoms with Crippen LogP contribution >= 0.6 is 15.9 Å². The van der Waals surface area contributed by atoms with Crippen molar-refractivity contribution in [3.05, 3.63) is 21.0 Å². The highest BCUT2D eigenvalue weighted by Crippen LogP contribution is 2.24. The minimum atomic E-state index is -4.48. The Labute approximate surface area is 123 Å². The van der Waals surface area contributed by atoms with Gasteiger partial charge in [0.05, 0.1) is 11.9 Å². The van der Waals surface area contributed by atoms with Crippen molar-refractivity contribution in [2.45, 2.75) is 51.9 Å². The summed E-state index contributed by atoms with van der Waals surface area (Å²) < 4.78 is 37.3. The van der Waals surface area contributed by atoms with E-state index in [1.54, 1.807) is 0 Å². The highest BCUT2D eigenvalue weighted by molar-refractivity contribution is 9.10. The number of alkyl halides is 3. The van der Waals surface area contributed by atoms with Gasteiger partial charge >= 0.3 is 6.18 Å². The molecule has 0 aromatic carbocycles. The lowest BCUT2D eigenvalue weighted by molar-refractivity contribution is -0.143. The Hall–Kier alpha value is -1.05. The van der Waals surface area contributed by atoms with Crippen molar-refractivity contribution in [3.63, 3.8) is 0 Å². The molecule has 1 heterocycles. The second kappa shape index (κ2) is 6.15. The summed E-state index contributed by atoms with van der Waals surface area (Å²) in [5, 5.41) is 6.67. The van der Waals surface area contributed by atoms with E-state index in [1.807, 2.05) is 20.8 Å². The maximum Gasteiger partial charge on any atom is 0.408 e. The molecule has 20 heavy (non-hydrogen) atoms. The van der Waals surface area contributed by atoms with Gasteiger partial charge in [-0.3, -0.25) is 4.79 Å². The number of hydrogen-bond acceptors (Lipinski definition) is 3. The van der Waals surface area contributed by atoms with Crippen LogP contribution in [-0.4, -0.2) is 21.5 Å². The van der Waals surface area contributed by atoms with Crippen LogP contribution in [0.1, 0.15) is 33.6 Å². The number of halogens is 4. The summed E-state index contributed by atoms with van der Waals surface area (Å²) in [6.07, 6.45) is -1.46. The van der Waals surface area contributed by atoms with Crippen molar-refractivity contribution < 1.29 is 13.2 Å². The molecule has 4 nitrogen and oxygen atoms in total. The molecule has 1 aromatic rings. The zero-order chi connectivity index (χ0) is 15.6. The predicted molar refractivity (Wildman–Crippen MR) is 74.9 cm³/mol. The molecule has 1 N–H and O–H groups in total. The van der Waals surface area contributed by atoms with E-state index in [1.165, 1.54) is 6.20 Å². The van der Waals surface area contributed by atoms with Gasteiger partial charge in [-0.05, 0) is 36.2 Å². The summed E-state index contributed by atoms with van der Waals surface area (Å²) in [6, 6.07) is 0. The molecule has 0 spiro atoms. The van der Waals surface area contributed by atoms with Gasteiger partial charge in [-0.25, -0.2) is 4.68 Å². The van der Waals surface area contributed by atoms with E-state index in [2.05, 4.69) is 26.3 Å². The van der Waals surface area contributed by atoms with Crippen LogP contribution < -0.4 is 10.9 Å². The van der Waals surface area contributed by atoms with Gasteiger partial charge < -0.3 is 5.32 Å². The Balaban J connectivity index is 3.04. The van der Waals surface area contributed by atoms with Crippen LogP contribution in [-0.2, 0) is 6.54 Å². The molecule has 0 aliphatic rings. The molecule has 0 bridgehead atoms. The molecule has 0 aliphatic heterocycles. The van der Waals surface area contributed by atoms with Gasteiger partial charge in [0, 0.05) is 5.54 Å². The van der Waals surface area contributed by atoms with Gasteiger partial charge in [-0.1, -0.05) is 13.3 Å². The van der Waals surface area contributed by atoms with Crippen LogP contribution in [0.25, 0.3) is 0 Å². The van der Waals surface area contributed by atoms with Crippen molar-refractivity contribution in [1.82, 2.24) is 9.78 Å². The molecule has 8 heteroatoms. The largest absolute Gasteiger partial charge is 0.408 e. The second-order valence-corrected chi connectivity index (χ2v) is 6.00. The average Bonchev–Trinajstić information content (AvgIpc) is 2.27. The Bertz CT molecular complexity index is 526. The van der Waals surface area contributed by atoms with Crippen LogP contribution in [0.4, 0.5) is 18.9 Å². The summed E-state index contributed by atoms with van der Waals surface area (Å²) >= 11 is 3.04. The lowest BCUT2D eigenvalue weighted by Gasteiger charge is -2.27. The van der Waals surface area contributed by atoms with E-state index in [0.29, 0.717) is 10.4 Å². The average molecular weight is 356 g/mol. The minimum absolute atomic E-state index is 0.0564. The maximum absolute atomic E-state index is 12.3. The maximum atomic E-state index is 12.3. The predicted octanol–water partition coefficient (Wildman–Crippen LogP) is 3.56.